The highest BCUT2D eigenvalue weighted by atomic mass is 35.5. The topological polar surface area (TPSA) is 31.2 Å². The van der Waals surface area contributed by atoms with Gasteiger partial charge in [-0.15, -0.1) is 0 Å². The van der Waals surface area contributed by atoms with Crippen LogP contribution < -0.4 is 0 Å². The van der Waals surface area contributed by atoms with E-state index in [4.69, 9.17) is 16.3 Å². The quantitative estimate of drug-likeness (QED) is 0.719. The first-order valence-corrected chi connectivity index (χ1v) is 6.94. The fourth-order valence-electron chi connectivity index (χ4n) is 2.09. The molecule has 0 saturated heterocycles. The van der Waals surface area contributed by atoms with E-state index in [1.54, 1.807) is 20.8 Å². The molecule has 7 heteroatoms. The molecule has 0 aliphatic carbocycles. The summed E-state index contributed by atoms with van der Waals surface area (Å²) < 4.78 is 44.3. The summed E-state index contributed by atoms with van der Waals surface area (Å²) in [5, 5.41) is 0.654. The summed E-state index contributed by atoms with van der Waals surface area (Å²) in [5.41, 5.74) is -0.456. The maximum Gasteiger partial charge on any atom is 0.419 e. The number of alkyl halides is 3. The number of benzene rings is 1. The lowest BCUT2D eigenvalue weighted by atomic mass is 10.1. The summed E-state index contributed by atoms with van der Waals surface area (Å²) in [6.45, 7) is 5.04. The minimum atomic E-state index is -4.37. The van der Waals surface area contributed by atoms with Crippen molar-refractivity contribution in [1.29, 1.82) is 0 Å². The lowest BCUT2D eigenvalue weighted by Gasteiger charge is -2.19. The van der Waals surface area contributed by atoms with Crippen molar-refractivity contribution in [3.63, 3.8) is 0 Å². The Hall–Kier alpha value is -1.69. The molecule has 0 aliphatic heterocycles. The molecule has 0 radical (unpaired) electrons. The molecular weight excluding hydrogens is 319 g/mol. The third-order valence-electron chi connectivity index (χ3n) is 2.83. The van der Waals surface area contributed by atoms with Crippen molar-refractivity contribution in [3.8, 4) is 0 Å². The number of fused-ring (bicyclic) bond motifs is 1. The van der Waals surface area contributed by atoms with E-state index < -0.39 is 24.3 Å². The molecule has 0 aliphatic rings. The van der Waals surface area contributed by atoms with Gasteiger partial charge < -0.3 is 4.74 Å². The molecule has 2 aromatic rings. The van der Waals surface area contributed by atoms with Gasteiger partial charge in [0.15, 0.2) is 0 Å². The molecule has 22 heavy (non-hydrogen) atoms. The first-order chi connectivity index (χ1) is 9.96. The van der Waals surface area contributed by atoms with E-state index in [1.807, 2.05) is 0 Å². The van der Waals surface area contributed by atoms with Crippen LogP contribution in [0.3, 0.4) is 0 Å². The molecule has 120 valence electrons. The van der Waals surface area contributed by atoms with Gasteiger partial charge in [0.1, 0.15) is 5.60 Å². The van der Waals surface area contributed by atoms with E-state index in [1.165, 1.54) is 18.2 Å². The van der Waals surface area contributed by atoms with Crippen LogP contribution in [0, 0.1) is 0 Å². The zero-order valence-electron chi connectivity index (χ0n) is 12.3. The molecule has 0 unspecified atom stereocenters. The molecule has 0 amide bonds. The SMILES string of the molecule is CC(C)(C)OC(=O)n1cc(CC(F)(F)F)c2ccc(Cl)cc21. The number of aromatic nitrogens is 1. The lowest BCUT2D eigenvalue weighted by molar-refractivity contribution is -0.127. The Morgan fingerprint density at radius 1 is 1.27 bits per heavy atom. The fraction of sp³-hybridized carbons (Fsp3) is 0.400. The summed E-state index contributed by atoms with van der Waals surface area (Å²) in [5.74, 6) is 0. The van der Waals surface area contributed by atoms with Crippen molar-refractivity contribution < 1.29 is 22.7 Å². The van der Waals surface area contributed by atoms with E-state index in [-0.39, 0.29) is 5.56 Å². The van der Waals surface area contributed by atoms with Crippen LogP contribution in [0.1, 0.15) is 26.3 Å². The van der Waals surface area contributed by atoms with Crippen LogP contribution in [0.15, 0.2) is 24.4 Å². The van der Waals surface area contributed by atoms with Crippen molar-refractivity contribution in [1.82, 2.24) is 4.57 Å². The third kappa shape index (κ3) is 3.94. The summed E-state index contributed by atoms with van der Waals surface area (Å²) >= 11 is 5.88. The second kappa shape index (κ2) is 5.50. The van der Waals surface area contributed by atoms with Crippen LogP contribution in [-0.2, 0) is 11.2 Å². The van der Waals surface area contributed by atoms with E-state index in [0.29, 0.717) is 15.9 Å². The molecule has 0 fully saturated rings. The number of carbonyl (C=O) groups excluding carboxylic acids is 1. The second-order valence-corrected chi connectivity index (χ2v) is 6.39. The van der Waals surface area contributed by atoms with Crippen LogP contribution in [0.4, 0.5) is 18.0 Å². The Kier molecular flexibility index (Phi) is 4.17. The second-order valence-electron chi connectivity index (χ2n) is 5.96. The highest BCUT2D eigenvalue weighted by Gasteiger charge is 2.30. The predicted octanol–water partition coefficient (Wildman–Crippen LogP) is 5.18. The van der Waals surface area contributed by atoms with Crippen molar-refractivity contribution >= 4 is 28.6 Å². The zero-order valence-corrected chi connectivity index (χ0v) is 13.0. The molecule has 0 saturated carbocycles. The maximum absolute atomic E-state index is 12.7. The number of rotatable bonds is 1. The minimum absolute atomic E-state index is 0.00465. The number of halogens is 4. The smallest absolute Gasteiger partial charge is 0.419 e. The fourth-order valence-corrected chi connectivity index (χ4v) is 2.26. The van der Waals surface area contributed by atoms with Crippen molar-refractivity contribution in [2.24, 2.45) is 0 Å². The minimum Gasteiger partial charge on any atom is -0.443 e. The van der Waals surface area contributed by atoms with Gasteiger partial charge in [-0.3, -0.25) is 4.57 Å². The Balaban J connectivity index is 2.54. The van der Waals surface area contributed by atoms with Crippen LogP contribution >= 0.6 is 11.6 Å². The Labute approximate surface area is 130 Å². The highest BCUT2D eigenvalue weighted by Crippen LogP contribution is 2.30. The van der Waals surface area contributed by atoms with E-state index in [9.17, 15) is 18.0 Å². The van der Waals surface area contributed by atoms with Crippen LogP contribution in [0.2, 0.25) is 5.02 Å². The lowest BCUT2D eigenvalue weighted by Crippen LogP contribution is -2.26. The van der Waals surface area contributed by atoms with Gasteiger partial charge in [-0.1, -0.05) is 17.7 Å². The Morgan fingerprint density at radius 2 is 1.91 bits per heavy atom. The average Bonchev–Trinajstić information content (AvgIpc) is 2.63. The summed E-state index contributed by atoms with van der Waals surface area (Å²) in [6, 6.07) is 4.41. The van der Waals surface area contributed by atoms with E-state index in [0.717, 1.165) is 10.8 Å². The molecule has 0 atom stereocenters. The average molecular weight is 334 g/mol. The standard InChI is InChI=1S/C15H15ClF3NO2/c1-14(2,3)22-13(21)20-8-9(7-15(17,18)19)11-5-4-10(16)6-12(11)20/h4-6,8H,7H2,1-3H3. The molecule has 0 N–H and O–H groups in total. The number of hydrogen-bond acceptors (Lipinski definition) is 2. The number of nitrogens with zero attached hydrogens (tertiary/aromatic N) is 1. The van der Waals surface area contributed by atoms with Crippen LogP contribution in [0.25, 0.3) is 10.9 Å². The zero-order chi connectivity index (χ0) is 16.7. The van der Waals surface area contributed by atoms with Gasteiger partial charge in [0.25, 0.3) is 0 Å². The number of ether oxygens (including phenoxy) is 1. The predicted molar refractivity (Wildman–Crippen MR) is 78.3 cm³/mol. The maximum atomic E-state index is 12.7. The van der Waals surface area contributed by atoms with Crippen molar-refractivity contribution in [2.45, 2.75) is 39.0 Å². The molecule has 1 heterocycles. The number of hydrogen-bond donors (Lipinski definition) is 0. The largest absolute Gasteiger partial charge is 0.443 e. The highest BCUT2D eigenvalue weighted by molar-refractivity contribution is 6.31. The molecule has 0 bridgehead atoms. The molecule has 3 nitrogen and oxygen atoms in total. The van der Waals surface area contributed by atoms with Gasteiger partial charge in [0.05, 0.1) is 11.9 Å². The van der Waals surface area contributed by atoms with Crippen LogP contribution in [0.5, 0.6) is 0 Å². The van der Waals surface area contributed by atoms with Crippen molar-refractivity contribution in [3.05, 3.63) is 35.0 Å². The summed E-state index contributed by atoms with van der Waals surface area (Å²) in [6.07, 6.45) is -5.08. The summed E-state index contributed by atoms with van der Waals surface area (Å²) in [4.78, 5) is 12.2. The Bertz CT molecular complexity index is 714. The van der Waals surface area contributed by atoms with Gasteiger partial charge in [-0.2, -0.15) is 13.2 Å². The van der Waals surface area contributed by atoms with Gasteiger partial charge in [0, 0.05) is 16.6 Å². The van der Waals surface area contributed by atoms with Gasteiger partial charge >= 0.3 is 12.3 Å². The van der Waals surface area contributed by atoms with Crippen LogP contribution in [-0.4, -0.2) is 22.4 Å². The van der Waals surface area contributed by atoms with Crippen molar-refractivity contribution in [2.75, 3.05) is 0 Å². The molecule has 0 spiro atoms. The van der Waals surface area contributed by atoms with Gasteiger partial charge in [-0.25, -0.2) is 4.79 Å². The summed E-state index contributed by atoms with van der Waals surface area (Å²) in [7, 11) is 0. The third-order valence-corrected chi connectivity index (χ3v) is 3.07. The number of carbonyl (C=O) groups is 1. The molecule has 1 aromatic heterocycles. The van der Waals surface area contributed by atoms with Gasteiger partial charge in [-0.05, 0) is 38.5 Å². The normalized spacial score (nSPS) is 12.7. The molecule has 2 rings (SSSR count). The van der Waals surface area contributed by atoms with E-state index >= 15 is 0 Å². The molecular formula is C15H15ClF3NO2. The first kappa shape index (κ1) is 16.7. The monoisotopic (exact) mass is 333 g/mol. The molecule has 1 aromatic carbocycles. The first-order valence-electron chi connectivity index (χ1n) is 6.56. The van der Waals surface area contributed by atoms with Gasteiger partial charge in [0.2, 0.25) is 0 Å². The van der Waals surface area contributed by atoms with E-state index in [2.05, 4.69) is 0 Å². The Morgan fingerprint density at radius 3 is 2.45 bits per heavy atom.